The summed E-state index contributed by atoms with van der Waals surface area (Å²) in [4.78, 5) is 0. The molecule has 2 heteroatoms. The van der Waals surface area contributed by atoms with Crippen molar-refractivity contribution in [3.8, 4) is 0 Å². The molecule has 29 valence electrons. The Bertz CT molecular complexity index is 42.9. The number of hydrogen-bond donors (Lipinski definition) is 0. The molecule has 0 aliphatic heterocycles. The molecule has 0 rings (SSSR count). The van der Waals surface area contributed by atoms with Crippen LogP contribution in [0.25, 0.3) is 0 Å². The first kappa shape index (κ1) is 5.70. The Balaban J connectivity index is 3.14. The van der Waals surface area contributed by atoms with Crippen LogP contribution in [0.15, 0.2) is 9.47 Å². The molecule has 0 aromatic heterocycles. The molecule has 0 aliphatic rings. The van der Waals surface area contributed by atoms with Crippen molar-refractivity contribution in [1.29, 1.82) is 0 Å². The lowest BCUT2D eigenvalue weighted by molar-refractivity contribution is 2.14. The van der Waals surface area contributed by atoms with E-state index in [1.54, 1.807) is 6.08 Å². The highest BCUT2D eigenvalue weighted by atomic mass is 79.9. The van der Waals surface area contributed by atoms with Gasteiger partial charge in [-0.25, -0.2) is 0 Å². The number of rotatable bonds is 0. The second kappa shape index (κ2) is 2.91. The summed E-state index contributed by atoms with van der Waals surface area (Å²) in [6.45, 7) is 3.43. The van der Waals surface area contributed by atoms with E-state index >= 15 is 0 Å². The van der Waals surface area contributed by atoms with Gasteiger partial charge in [0.1, 0.15) is 0 Å². The first-order valence-electron chi connectivity index (χ1n) is 1.07. The van der Waals surface area contributed by atoms with E-state index in [0.717, 1.165) is 3.39 Å². The molecule has 5 heavy (non-hydrogen) atoms. The Morgan fingerprint density at radius 1 is 1.60 bits per heavy atom. The van der Waals surface area contributed by atoms with Crippen LogP contribution in [0.2, 0.25) is 0 Å². The topological polar surface area (TPSA) is 0 Å². The van der Waals surface area contributed by atoms with Crippen molar-refractivity contribution in [2.75, 3.05) is 0 Å². The molecule has 0 amide bonds. The van der Waals surface area contributed by atoms with Crippen molar-refractivity contribution in [2.45, 2.75) is 0 Å². The summed E-state index contributed by atoms with van der Waals surface area (Å²) in [5.74, 6) is 0. The summed E-state index contributed by atoms with van der Waals surface area (Å²) < 4.78 is 0.894. The Labute approximate surface area is 48.5 Å². The average molecular weight is 199 g/mol. The van der Waals surface area contributed by atoms with Gasteiger partial charge in [0, 0.05) is 0 Å². The van der Waals surface area contributed by atoms with Gasteiger partial charge >= 0.3 is 0 Å². The Hall–Kier alpha value is 0.700. The summed E-state index contributed by atoms with van der Waals surface area (Å²) in [6.07, 6.45) is 1.67. The highest BCUT2D eigenvalue weighted by Crippen LogP contribution is 2.10. The molecule has 0 spiro atoms. The maximum atomic E-state index is 3.43. The summed E-state index contributed by atoms with van der Waals surface area (Å²) in [5.41, 5.74) is 0. The van der Waals surface area contributed by atoms with Crippen LogP contribution in [-0.2, 0) is 0 Å². The third-order valence-electron chi connectivity index (χ3n) is 0.154. The van der Waals surface area contributed by atoms with Gasteiger partial charge in [0.25, 0.3) is 0 Å². The van der Waals surface area contributed by atoms with E-state index in [2.05, 4.69) is 38.8 Å². The molecule has 0 fully saturated rings. The fraction of sp³-hybridized carbons (Fsp3) is 0. The molecule has 0 saturated carbocycles. The highest BCUT2D eigenvalue weighted by molar-refractivity contribution is 9.28. The normalized spacial score (nSPS) is 7.00. The Kier molecular flexibility index (Phi) is 3.32. The molecule has 1 radical (unpaired) electrons. The predicted octanol–water partition coefficient (Wildman–Crippen LogP) is 2.45. The van der Waals surface area contributed by atoms with Crippen LogP contribution in [0.4, 0.5) is 0 Å². The van der Waals surface area contributed by atoms with Crippen LogP contribution in [0.5, 0.6) is 0 Å². The molecule has 0 aliphatic carbocycles. The summed E-state index contributed by atoms with van der Waals surface area (Å²) in [7, 11) is 0. The first-order valence-corrected chi connectivity index (χ1v) is 2.66. The van der Waals surface area contributed by atoms with Crippen molar-refractivity contribution in [1.82, 2.24) is 0 Å². The van der Waals surface area contributed by atoms with Crippen LogP contribution in [0.3, 0.4) is 0 Å². The molecule has 0 unspecified atom stereocenters. The third kappa shape index (κ3) is 4.70. The Morgan fingerprint density at radius 3 is 1.80 bits per heavy atom. The van der Waals surface area contributed by atoms with Gasteiger partial charge in [-0.2, -0.15) is 0 Å². The van der Waals surface area contributed by atoms with Crippen LogP contribution >= 0.6 is 31.9 Å². The van der Waals surface area contributed by atoms with E-state index in [9.17, 15) is 0 Å². The monoisotopic (exact) mass is 197 g/mol. The zero-order valence-corrected chi connectivity index (χ0v) is 5.71. The molecular formula is C3H3Br2. The molecule has 0 aromatic rings. The van der Waals surface area contributed by atoms with Gasteiger partial charge in [0.05, 0.1) is 3.39 Å². The fourth-order valence-electron chi connectivity index (χ4n) is 0. The van der Waals surface area contributed by atoms with Crippen LogP contribution in [0, 0.1) is 6.92 Å². The molecule has 0 N–H and O–H groups in total. The molecule has 0 atom stereocenters. The van der Waals surface area contributed by atoms with Crippen molar-refractivity contribution in [2.24, 2.45) is 0 Å². The lowest BCUT2D eigenvalue weighted by atomic mass is 10.8. The van der Waals surface area contributed by atoms with E-state index < -0.39 is 0 Å². The fourth-order valence-corrected chi connectivity index (χ4v) is 0. The minimum atomic E-state index is 0.894. The Morgan fingerprint density at radius 2 is 1.80 bits per heavy atom. The summed E-state index contributed by atoms with van der Waals surface area (Å²) in [5, 5.41) is 0. The number of allylic oxidation sites excluding steroid dienone is 1. The largest absolute Gasteiger partial charge is 0.0629 e. The minimum absolute atomic E-state index is 0.894. The molecule has 0 saturated heterocycles. The third-order valence-corrected chi connectivity index (χ3v) is 0.802. The molecule has 0 nitrogen and oxygen atoms in total. The summed E-state index contributed by atoms with van der Waals surface area (Å²) >= 11 is 6.18. The van der Waals surface area contributed by atoms with E-state index in [1.165, 1.54) is 0 Å². The van der Waals surface area contributed by atoms with E-state index in [-0.39, 0.29) is 0 Å². The minimum Gasteiger partial charge on any atom is -0.0629 e. The first-order chi connectivity index (χ1) is 2.27. The lowest BCUT2D eigenvalue weighted by Crippen LogP contribution is -1.36. The number of hydrogen-bond acceptors (Lipinski definition) is 0. The molecule has 0 bridgehead atoms. The van der Waals surface area contributed by atoms with Crippen molar-refractivity contribution in [3.63, 3.8) is 0 Å². The van der Waals surface area contributed by atoms with Gasteiger partial charge in [0.15, 0.2) is 0 Å². The van der Waals surface area contributed by atoms with E-state index in [1.807, 2.05) is 0 Å². The molecule has 0 aromatic carbocycles. The van der Waals surface area contributed by atoms with Crippen LogP contribution < -0.4 is 0 Å². The van der Waals surface area contributed by atoms with Crippen LogP contribution in [0.1, 0.15) is 0 Å². The predicted molar refractivity (Wildman–Crippen MR) is 31.3 cm³/mol. The zero-order chi connectivity index (χ0) is 4.28. The smallest absolute Gasteiger partial charge is 0.0564 e. The van der Waals surface area contributed by atoms with Gasteiger partial charge in [-0.15, -0.1) is 0 Å². The number of halogens is 2. The van der Waals surface area contributed by atoms with Crippen LogP contribution in [-0.4, -0.2) is 0 Å². The maximum Gasteiger partial charge on any atom is 0.0564 e. The van der Waals surface area contributed by atoms with Gasteiger partial charge in [-0.3, -0.25) is 0 Å². The highest BCUT2D eigenvalue weighted by Gasteiger charge is 1.67. The maximum absolute atomic E-state index is 3.43. The van der Waals surface area contributed by atoms with Crippen molar-refractivity contribution >= 4 is 31.9 Å². The summed E-state index contributed by atoms with van der Waals surface area (Å²) in [6, 6.07) is 0. The van der Waals surface area contributed by atoms with Gasteiger partial charge in [0.2, 0.25) is 0 Å². The lowest BCUT2D eigenvalue weighted by Gasteiger charge is -1.67. The quantitative estimate of drug-likeness (QED) is 0.561. The average Bonchev–Trinajstić information content (AvgIpc) is 1.38. The van der Waals surface area contributed by atoms with Gasteiger partial charge < -0.3 is 0 Å². The SMILES string of the molecule is [CH2]C=C(Br)Br. The zero-order valence-electron chi connectivity index (χ0n) is 2.54. The van der Waals surface area contributed by atoms with E-state index in [4.69, 9.17) is 0 Å². The molecular weight excluding hydrogens is 196 g/mol. The standard InChI is InChI=1S/C3H3Br2/c1-2-3(4)5/h2H,1H2. The van der Waals surface area contributed by atoms with E-state index in [0.29, 0.717) is 0 Å². The molecule has 0 heterocycles. The van der Waals surface area contributed by atoms with Gasteiger partial charge in [-0.1, -0.05) is 6.08 Å². The second-order valence-electron chi connectivity index (χ2n) is 0.494. The van der Waals surface area contributed by atoms with Gasteiger partial charge in [-0.05, 0) is 38.8 Å². The second-order valence-corrected chi connectivity index (χ2v) is 3.27. The van der Waals surface area contributed by atoms with Crippen molar-refractivity contribution < 1.29 is 0 Å². The van der Waals surface area contributed by atoms with Crippen molar-refractivity contribution in [3.05, 3.63) is 16.4 Å².